The van der Waals surface area contributed by atoms with Crippen molar-refractivity contribution < 1.29 is 14.3 Å². The average Bonchev–Trinajstić information content (AvgIpc) is 2.53. The Balaban J connectivity index is 2.34. The van der Waals surface area contributed by atoms with E-state index in [9.17, 15) is 14.3 Å². The standard InChI is InChI=1S/C18H14BClFNO2/c1-9-12-7-11(19)3-5-16(12)22-18(13(9)8-17(23)24)10-2-4-15(21)14(20)6-10/h2-7H,8,19H2,1H3,(H,23,24). The predicted molar refractivity (Wildman–Crippen MR) is 96.4 cm³/mol. The van der Waals surface area contributed by atoms with Gasteiger partial charge in [-0.05, 0) is 42.3 Å². The molecule has 0 atom stereocenters. The summed E-state index contributed by atoms with van der Waals surface area (Å²) >= 11 is 5.88. The van der Waals surface area contributed by atoms with Gasteiger partial charge in [-0.25, -0.2) is 9.37 Å². The lowest BCUT2D eigenvalue weighted by atomic mass is 9.90. The van der Waals surface area contributed by atoms with Crippen LogP contribution in [-0.2, 0) is 11.2 Å². The number of rotatable bonds is 3. The molecule has 3 nitrogen and oxygen atoms in total. The number of hydrogen-bond acceptors (Lipinski definition) is 2. The molecule has 24 heavy (non-hydrogen) atoms. The lowest BCUT2D eigenvalue weighted by molar-refractivity contribution is -0.136. The van der Waals surface area contributed by atoms with Gasteiger partial charge >= 0.3 is 5.97 Å². The van der Waals surface area contributed by atoms with Crippen molar-refractivity contribution in [3.8, 4) is 11.3 Å². The molecule has 1 heterocycles. The summed E-state index contributed by atoms with van der Waals surface area (Å²) in [5.41, 5.74) is 4.44. The lowest BCUT2D eigenvalue weighted by Crippen LogP contribution is -2.08. The van der Waals surface area contributed by atoms with Crippen molar-refractivity contribution in [3.63, 3.8) is 0 Å². The van der Waals surface area contributed by atoms with Gasteiger partial charge in [0.2, 0.25) is 0 Å². The molecular formula is C18H14BClFNO2. The van der Waals surface area contributed by atoms with Crippen LogP contribution in [0.1, 0.15) is 11.1 Å². The van der Waals surface area contributed by atoms with E-state index < -0.39 is 11.8 Å². The van der Waals surface area contributed by atoms with Crippen LogP contribution in [0.4, 0.5) is 4.39 Å². The first kappa shape index (κ1) is 16.5. The van der Waals surface area contributed by atoms with E-state index in [1.54, 1.807) is 6.07 Å². The Labute approximate surface area is 144 Å². The molecule has 0 amide bonds. The van der Waals surface area contributed by atoms with E-state index in [-0.39, 0.29) is 11.4 Å². The van der Waals surface area contributed by atoms with E-state index in [0.717, 1.165) is 21.9 Å². The molecule has 0 unspecified atom stereocenters. The van der Waals surface area contributed by atoms with Crippen LogP contribution in [0.3, 0.4) is 0 Å². The van der Waals surface area contributed by atoms with Crippen LogP contribution in [0.25, 0.3) is 22.2 Å². The Kier molecular flexibility index (Phi) is 4.29. The summed E-state index contributed by atoms with van der Waals surface area (Å²) in [5.74, 6) is -1.46. The minimum atomic E-state index is -0.943. The molecule has 1 aromatic heterocycles. The first-order chi connectivity index (χ1) is 11.4. The fraction of sp³-hybridized carbons (Fsp3) is 0.111. The SMILES string of the molecule is Bc1ccc2nc(-c3ccc(F)c(Cl)c3)c(CC(=O)O)c(C)c2c1. The molecule has 2 aromatic carbocycles. The van der Waals surface area contributed by atoms with Gasteiger partial charge in [-0.1, -0.05) is 29.2 Å². The lowest BCUT2D eigenvalue weighted by Gasteiger charge is -2.14. The van der Waals surface area contributed by atoms with Crippen molar-refractivity contribution in [2.75, 3.05) is 0 Å². The molecule has 0 aliphatic rings. The second kappa shape index (κ2) is 6.25. The fourth-order valence-electron chi connectivity index (χ4n) is 2.83. The van der Waals surface area contributed by atoms with Crippen LogP contribution < -0.4 is 5.46 Å². The van der Waals surface area contributed by atoms with E-state index >= 15 is 0 Å². The van der Waals surface area contributed by atoms with Crippen LogP contribution in [0, 0.1) is 12.7 Å². The van der Waals surface area contributed by atoms with Crippen molar-refractivity contribution in [3.05, 3.63) is 58.4 Å². The van der Waals surface area contributed by atoms with Crippen LogP contribution in [-0.4, -0.2) is 23.9 Å². The molecule has 0 aliphatic carbocycles. The van der Waals surface area contributed by atoms with Gasteiger partial charge in [0.05, 0.1) is 22.7 Å². The molecule has 0 aliphatic heterocycles. The molecule has 0 fully saturated rings. The topological polar surface area (TPSA) is 50.2 Å². The van der Waals surface area contributed by atoms with Gasteiger partial charge in [0.25, 0.3) is 0 Å². The van der Waals surface area contributed by atoms with Crippen molar-refractivity contribution in [2.45, 2.75) is 13.3 Å². The van der Waals surface area contributed by atoms with Crippen molar-refractivity contribution >= 4 is 41.8 Å². The van der Waals surface area contributed by atoms with Crippen LogP contribution in [0.15, 0.2) is 36.4 Å². The van der Waals surface area contributed by atoms with E-state index in [1.807, 2.05) is 33.0 Å². The van der Waals surface area contributed by atoms with Crippen molar-refractivity contribution in [1.82, 2.24) is 4.98 Å². The van der Waals surface area contributed by atoms with Gasteiger partial charge < -0.3 is 5.11 Å². The van der Waals surface area contributed by atoms with E-state index in [1.165, 1.54) is 12.1 Å². The maximum atomic E-state index is 13.5. The second-order valence-corrected chi connectivity index (χ2v) is 6.19. The zero-order valence-electron chi connectivity index (χ0n) is 13.2. The summed E-state index contributed by atoms with van der Waals surface area (Å²) in [6.45, 7) is 1.89. The summed E-state index contributed by atoms with van der Waals surface area (Å²) in [7, 11) is 1.98. The molecule has 3 aromatic rings. The quantitative estimate of drug-likeness (QED) is 0.745. The maximum Gasteiger partial charge on any atom is 0.307 e. The number of fused-ring (bicyclic) bond motifs is 1. The largest absolute Gasteiger partial charge is 0.481 e. The molecule has 1 N–H and O–H groups in total. The highest BCUT2D eigenvalue weighted by Crippen LogP contribution is 2.31. The number of carbonyl (C=O) groups is 1. The maximum absolute atomic E-state index is 13.5. The molecule has 0 bridgehead atoms. The third kappa shape index (κ3) is 2.99. The van der Waals surface area contributed by atoms with Crippen LogP contribution in [0.5, 0.6) is 0 Å². The minimum Gasteiger partial charge on any atom is -0.481 e. The second-order valence-electron chi connectivity index (χ2n) is 5.78. The monoisotopic (exact) mass is 341 g/mol. The first-order valence-electron chi connectivity index (χ1n) is 7.44. The number of pyridine rings is 1. The number of halogens is 2. The highest BCUT2D eigenvalue weighted by atomic mass is 35.5. The van der Waals surface area contributed by atoms with Gasteiger partial charge in [-0.2, -0.15) is 0 Å². The van der Waals surface area contributed by atoms with E-state index in [4.69, 9.17) is 11.6 Å². The smallest absolute Gasteiger partial charge is 0.307 e. The Morgan fingerprint density at radius 3 is 2.71 bits per heavy atom. The Hall–Kier alpha value is -2.40. The van der Waals surface area contributed by atoms with E-state index in [0.29, 0.717) is 16.8 Å². The predicted octanol–water partition coefficient (Wildman–Crippen LogP) is 2.89. The molecule has 6 heteroatoms. The summed E-state index contributed by atoms with van der Waals surface area (Å²) < 4.78 is 13.5. The number of benzene rings is 2. The van der Waals surface area contributed by atoms with Crippen molar-refractivity contribution in [1.29, 1.82) is 0 Å². The molecule has 120 valence electrons. The normalized spacial score (nSPS) is 11.0. The van der Waals surface area contributed by atoms with Gasteiger partial charge in [0.15, 0.2) is 0 Å². The molecule has 0 radical (unpaired) electrons. The zero-order chi connectivity index (χ0) is 17.4. The molecule has 0 saturated carbocycles. The number of hydrogen-bond donors (Lipinski definition) is 1. The summed E-state index contributed by atoms with van der Waals surface area (Å²) in [6, 6.07) is 10.1. The minimum absolute atomic E-state index is 0.0165. The van der Waals surface area contributed by atoms with Gasteiger partial charge in [-0.15, -0.1) is 0 Å². The number of carboxylic acids is 1. The van der Waals surface area contributed by atoms with Gasteiger partial charge in [-0.3, -0.25) is 4.79 Å². The summed E-state index contributed by atoms with van der Waals surface area (Å²) in [5, 5.41) is 10.2. The third-order valence-corrected chi connectivity index (χ3v) is 4.34. The number of nitrogens with zero attached hydrogens (tertiary/aromatic N) is 1. The van der Waals surface area contributed by atoms with Gasteiger partial charge in [0, 0.05) is 10.9 Å². The fourth-order valence-corrected chi connectivity index (χ4v) is 3.01. The molecular weight excluding hydrogens is 327 g/mol. The van der Waals surface area contributed by atoms with E-state index in [2.05, 4.69) is 4.98 Å². The molecule has 0 spiro atoms. The zero-order valence-corrected chi connectivity index (χ0v) is 14.0. The third-order valence-electron chi connectivity index (χ3n) is 4.05. The average molecular weight is 342 g/mol. The van der Waals surface area contributed by atoms with Crippen molar-refractivity contribution in [2.24, 2.45) is 0 Å². The number of carboxylic acid groups (broad SMARTS) is 1. The highest BCUT2D eigenvalue weighted by molar-refractivity contribution is 6.33. The Morgan fingerprint density at radius 2 is 2.04 bits per heavy atom. The first-order valence-corrected chi connectivity index (χ1v) is 7.81. The summed E-state index contributed by atoms with van der Waals surface area (Å²) in [4.78, 5) is 15.9. The Bertz CT molecular complexity index is 975. The molecule has 3 rings (SSSR count). The number of aryl methyl sites for hydroxylation is 1. The van der Waals surface area contributed by atoms with Gasteiger partial charge in [0.1, 0.15) is 13.7 Å². The highest BCUT2D eigenvalue weighted by Gasteiger charge is 2.17. The summed E-state index contributed by atoms with van der Waals surface area (Å²) in [6.07, 6.45) is -0.160. The molecule has 0 saturated heterocycles. The number of aliphatic carboxylic acids is 1. The number of aromatic nitrogens is 1. The van der Waals surface area contributed by atoms with Crippen LogP contribution >= 0.6 is 11.6 Å². The Morgan fingerprint density at radius 1 is 1.29 bits per heavy atom. The van der Waals surface area contributed by atoms with Crippen LogP contribution in [0.2, 0.25) is 5.02 Å².